The van der Waals surface area contributed by atoms with Gasteiger partial charge in [0.1, 0.15) is 11.4 Å². The largest absolute Gasteiger partial charge is 0.335 e. The molecule has 3 aromatic carbocycles. The van der Waals surface area contributed by atoms with Gasteiger partial charge in [-0.05, 0) is 60.4 Å². The Labute approximate surface area is 243 Å². The number of piperazine rings is 1. The van der Waals surface area contributed by atoms with Gasteiger partial charge >= 0.3 is 0 Å². The van der Waals surface area contributed by atoms with Gasteiger partial charge in [-0.1, -0.05) is 72.4 Å². The van der Waals surface area contributed by atoms with E-state index in [1.54, 1.807) is 29.2 Å². The van der Waals surface area contributed by atoms with Crippen molar-refractivity contribution >= 4 is 62.3 Å². The van der Waals surface area contributed by atoms with E-state index in [4.69, 9.17) is 34.8 Å². The highest BCUT2D eigenvalue weighted by atomic mass is 35.5. The van der Waals surface area contributed by atoms with E-state index in [0.717, 1.165) is 36.5 Å². The van der Waals surface area contributed by atoms with Crippen LogP contribution in [0.5, 0.6) is 0 Å². The van der Waals surface area contributed by atoms with E-state index < -0.39 is 15.9 Å². The molecule has 4 rings (SSSR count). The van der Waals surface area contributed by atoms with Crippen LogP contribution in [0.4, 0.5) is 5.69 Å². The number of aryl methyl sites for hydroxylation is 1. The van der Waals surface area contributed by atoms with E-state index in [2.05, 4.69) is 11.6 Å². The molecule has 0 spiro atoms. The minimum absolute atomic E-state index is 0.000250. The fourth-order valence-corrected chi connectivity index (χ4v) is 6.30. The van der Waals surface area contributed by atoms with Gasteiger partial charge in [0.25, 0.3) is 15.9 Å². The fraction of sp³-hybridized carbons (Fsp3) is 0.286. The standard InChI is InChI=1S/C28H28Cl3N3O4S/c1-2-3-4-19-7-11-22(12-8-19)32-39(37,38)26-15-23(24(30)16-25(26)31)28(36)34-14-13-33(27(35)18-34)17-20-5-9-21(29)10-6-20/h5-12,15-16,32H,2-4,13-14,17-18H2,1H3. The lowest BCUT2D eigenvalue weighted by Gasteiger charge is -2.34. The Morgan fingerprint density at radius 2 is 1.59 bits per heavy atom. The molecule has 1 aliphatic heterocycles. The third-order valence-electron chi connectivity index (χ3n) is 6.46. The van der Waals surface area contributed by atoms with Crippen LogP contribution >= 0.6 is 34.8 Å². The van der Waals surface area contributed by atoms with Crippen molar-refractivity contribution < 1.29 is 18.0 Å². The van der Waals surface area contributed by atoms with E-state index >= 15 is 0 Å². The summed E-state index contributed by atoms with van der Waals surface area (Å²) in [6.45, 7) is 2.93. The molecule has 1 N–H and O–H groups in total. The molecule has 0 atom stereocenters. The predicted octanol–water partition coefficient (Wildman–Crippen LogP) is 6.27. The predicted molar refractivity (Wildman–Crippen MR) is 155 cm³/mol. The number of halogens is 3. The lowest BCUT2D eigenvalue weighted by Crippen LogP contribution is -2.51. The number of amides is 2. The van der Waals surface area contributed by atoms with Crippen LogP contribution in [-0.4, -0.2) is 49.7 Å². The number of carbonyl (C=O) groups is 2. The minimum atomic E-state index is -4.13. The number of nitrogens with zero attached hydrogens (tertiary/aromatic N) is 2. The zero-order valence-electron chi connectivity index (χ0n) is 21.3. The summed E-state index contributed by atoms with van der Waals surface area (Å²) >= 11 is 18.5. The molecule has 3 aromatic rings. The molecular weight excluding hydrogens is 581 g/mol. The summed E-state index contributed by atoms with van der Waals surface area (Å²) in [5.41, 5.74) is 2.36. The van der Waals surface area contributed by atoms with Crippen molar-refractivity contribution in [1.29, 1.82) is 0 Å². The van der Waals surface area contributed by atoms with Gasteiger partial charge in [0.05, 0.1) is 15.6 Å². The molecule has 1 saturated heterocycles. The van der Waals surface area contributed by atoms with Gasteiger partial charge in [0.15, 0.2) is 0 Å². The second-order valence-corrected chi connectivity index (χ2v) is 12.2. The lowest BCUT2D eigenvalue weighted by molar-refractivity contribution is -0.135. The molecular formula is C28H28Cl3N3O4S. The molecule has 1 fully saturated rings. The van der Waals surface area contributed by atoms with Gasteiger partial charge in [-0.3, -0.25) is 14.3 Å². The zero-order valence-corrected chi connectivity index (χ0v) is 24.4. The Morgan fingerprint density at radius 1 is 0.923 bits per heavy atom. The second kappa shape index (κ2) is 12.6. The first-order valence-corrected chi connectivity index (χ1v) is 15.1. The highest BCUT2D eigenvalue weighted by Gasteiger charge is 2.30. The third kappa shape index (κ3) is 7.25. The van der Waals surface area contributed by atoms with Crippen molar-refractivity contribution in [2.24, 2.45) is 0 Å². The molecule has 0 aliphatic carbocycles. The Hall–Kier alpha value is -2.78. The van der Waals surface area contributed by atoms with Crippen molar-refractivity contribution in [2.45, 2.75) is 37.6 Å². The molecule has 7 nitrogen and oxygen atoms in total. The van der Waals surface area contributed by atoms with Crippen molar-refractivity contribution in [3.8, 4) is 0 Å². The second-order valence-electron chi connectivity index (χ2n) is 9.34. The average molecular weight is 609 g/mol. The maximum Gasteiger partial charge on any atom is 0.263 e. The first-order valence-electron chi connectivity index (χ1n) is 12.5. The Bertz CT molecular complexity index is 1460. The highest BCUT2D eigenvalue weighted by Crippen LogP contribution is 2.31. The van der Waals surface area contributed by atoms with Crippen molar-refractivity contribution in [2.75, 3.05) is 24.4 Å². The molecule has 39 heavy (non-hydrogen) atoms. The molecule has 1 heterocycles. The molecule has 0 bridgehead atoms. The molecule has 1 aliphatic rings. The first kappa shape index (κ1) is 29.2. The number of unbranched alkanes of at least 4 members (excludes halogenated alkanes) is 1. The number of hydrogen-bond donors (Lipinski definition) is 1. The van der Waals surface area contributed by atoms with E-state index in [-0.39, 0.29) is 39.5 Å². The number of hydrogen-bond acceptors (Lipinski definition) is 4. The van der Waals surface area contributed by atoms with Crippen LogP contribution in [0.15, 0.2) is 65.6 Å². The van der Waals surface area contributed by atoms with Crippen LogP contribution in [0.1, 0.15) is 41.3 Å². The third-order valence-corrected chi connectivity index (χ3v) is 8.87. The van der Waals surface area contributed by atoms with Crippen molar-refractivity contribution in [1.82, 2.24) is 9.80 Å². The van der Waals surface area contributed by atoms with E-state index in [1.807, 2.05) is 24.3 Å². The van der Waals surface area contributed by atoms with Crippen LogP contribution in [-0.2, 0) is 27.8 Å². The maximum atomic E-state index is 13.3. The van der Waals surface area contributed by atoms with E-state index in [9.17, 15) is 18.0 Å². The van der Waals surface area contributed by atoms with E-state index in [0.29, 0.717) is 23.8 Å². The lowest BCUT2D eigenvalue weighted by atomic mass is 10.1. The maximum absolute atomic E-state index is 13.3. The fourth-order valence-electron chi connectivity index (χ4n) is 4.26. The molecule has 11 heteroatoms. The van der Waals surface area contributed by atoms with Crippen molar-refractivity contribution in [3.05, 3.63) is 92.4 Å². The normalized spacial score (nSPS) is 14.0. The van der Waals surface area contributed by atoms with Crippen LogP contribution in [0.25, 0.3) is 0 Å². The number of carbonyl (C=O) groups excluding carboxylic acids is 2. The minimum Gasteiger partial charge on any atom is -0.335 e. The SMILES string of the molecule is CCCCc1ccc(NS(=O)(=O)c2cc(C(=O)N3CCN(Cc4ccc(Cl)cc4)C(=O)C3)c(Cl)cc2Cl)cc1. The van der Waals surface area contributed by atoms with Gasteiger partial charge in [-0.15, -0.1) is 0 Å². The number of sulfonamides is 1. The summed E-state index contributed by atoms with van der Waals surface area (Å²) in [5.74, 6) is -0.778. The number of nitrogens with one attached hydrogen (secondary N) is 1. The monoisotopic (exact) mass is 607 g/mol. The van der Waals surface area contributed by atoms with Crippen molar-refractivity contribution in [3.63, 3.8) is 0 Å². The van der Waals surface area contributed by atoms with E-state index in [1.165, 1.54) is 11.0 Å². The van der Waals surface area contributed by atoms with Gasteiger partial charge in [0.2, 0.25) is 5.91 Å². The smallest absolute Gasteiger partial charge is 0.263 e. The van der Waals surface area contributed by atoms with Gasteiger partial charge in [-0.2, -0.15) is 0 Å². The molecule has 0 saturated carbocycles. The van der Waals surface area contributed by atoms with Crippen LogP contribution < -0.4 is 4.72 Å². The summed E-state index contributed by atoms with van der Waals surface area (Å²) in [5, 5.41) is 0.491. The van der Waals surface area contributed by atoms with Gasteiger partial charge in [-0.25, -0.2) is 8.42 Å². The molecule has 0 unspecified atom stereocenters. The summed E-state index contributed by atoms with van der Waals surface area (Å²) in [7, 11) is -4.13. The zero-order chi connectivity index (χ0) is 28.2. The average Bonchev–Trinajstić information content (AvgIpc) is 2.90. The molecule has 0 radical (unpaired) electrons. The first-order chi connectivity index (χ1) is 18.6. The van der Waals surface area contributed by atoms with Gasteiger partial charge in [0, 0.05) is 30.3 Å². The Morgan fingerprint density at radius 3 is 2.23 bits per heavy atom. The summed E-state index contributed by atoms with van der Waals surface area (Å²) < 4.78 is 28.9. The molecule has 0 aromatic heterocycles. The van der Waals surface area contributed by atoms with Gasteiger partial charge < -0.3 is 9.80 Å². The van der Waals surface area contributed by atoms with Crippen LogP contribution in [0.3, 0.4) is 0 Å². The molecule has 206 valence electrons. The molecule has 2 amide bonds. The topological polar surface area (TPSA) is 86.8 Å². The summed E-state index contributed by atoms with van der Waals surface area (Å²) in [4.78, 5) is 28.9. The van der Waals surface area contributed by atoms with Crippen LogP contribution in [0, 0.1) is 0 Å². The Balaban J connectivity index is 1.48. The highest BCUT2D eigenvalue weighted by molar-refractivity contribution is 7.92. The summed E-state index contributed by atoms with van der Waals surface area (Å²) in [6, 6.07) is 16.7. The van der Waals surface area contributed by atoms with Crippen LogP contribution in [0.2, 0.25) is 15.1 Å². The number of anilines is 1. The quantitative estimate of drug-likeness (QED) is 0.310. The number of rotatable bonds is 9. The summed E-state index contributed by atoms with van der Waals surface area (Å²) in [6.07, 6.45) is 3.03. The Kier molecular flexibility index (Phi) is 9.43. The number of benzene rings is 3.